The zero-order chi connectivity index (χ0) is 16.8. The first-order chi connectivity index (χ1) is 11.0. The molecule has 1 aromatic rings. The summed E-state index contributed by atoms with van der Waals surface area (Å²) in [4.78, 5) is 16.4. The van der Waals surface area contributed by atoms with Crippen LogP contribution in [0.15, 0.2) is 18.2 Å². The minimum absolute atomic E-state index is 0.0685. The number of nitrogens with one attached hydrogen (secondary N) is 1. The lowest BCUT2D eigenvalue weighted by Gasteiger charge is -2.33. The summed E-state index contributed by atoms with van der Waals surface area (Å²) in [6.07, 6.45) is 0. The Kier molecular flexibility index (Phi) is 6.56. The number of hydrogen-bond donors (Lipinski definition) is 1. The van der Waals surface area contributed by atoms with E-state index < -0.39 is 6.61 Å². The smallest absolute Gasteiger partial charge is 0.387 e. The monoisotopic (exact) mass is 347 g/mol. The highest BCUT2D eigenvalue weighted by atomic mass is 35.5. The zero-order valence-corrected chi connectivity index (χ0v) is 13.7. The molecule has 0 spiro atoms. The third-order valence-electron chi connectivity index (χ3n) is 3.71. The number of carbonyl (C=O) groups excluding carboxylic acids is 1. The molecule has 0 aliphatic carbocycles. The van der Waals surface area contributed by atoms with Gasteiger partial charge in [-0.3, -0.25) is 9.69 Å². The number of halogens is 3. The number of ether oxygens (including phenoxy) is 1. The lowest BCUT2D eigenvalue weighted by Crippen LogP contribution is -2.48. The first-order valence-corrected chi connectivity index (χ1v) is 7.84. The Balaban J connectivity index is 1.88. The average molecular weight is 348 g/mol. The number of benzene rings is 1. The van der Waals surface area contributed by atoms with Crippen molar-refractivity contribution in [3.8, 4) is 5.75 Å². The number of hydrogen-bond acceptors (Lipinski definition) is 4. The Morgan fingerprint density at radius 1 is 1.30 bits per heavy atom. The lowest BCUT2D eigenvalue weighted by molar-refractivity contribution is -0.117. The molecule has 1 aromatic carbocycles. The summed E-state index contributed by atoms with van der Waals surface area (Å²) in [5.41, 5.74) is 0.377. The molecule has 1 N–H and O–H groups in total. The van der Waals surface area contributed by atoms with Gasteiger partial charge in [-0.15, -0.1) is 0 Å². The van der Waals surface area contributed by atoms with Crippen molar-refractivity contribution in [2.45, 2.75) is 13.5 Å². The summed E-state index contributed by atoms with van der Waals surface area (Å²) in [6.45, 7) is 3.98. The lowest BCUT2D eigenvalue weighted by atomic mass is 10.3. The fourth-order valence-corrected chi connectivity index (χ4v) is 2.60. The number of anilines is 1. The van der Waals surface area contributed by atoms with Crippen LogP contribution in [-0.4, -0.2) is 61.6 Å². The highest BCUT2D eigenvalue weighted by Crippen LogP contribution is 2.29. The van der Waals surface area contributed by atoms with Gasteiger partial charge in [-0.25, -0.2) is 0 Å². The Hall–Kier alpha value is -1.44. The number of alkyl halides is 2. The van der Waals surface area contributed by atoms with E-state index in [1.165, 1.54) is 12.1 Å². The second-order valence-electron chi connectivity index (χ2n) is 5.28. The van der Waals surface area contributed by atoms with E-state index >= 15 is 0 Å². The van der Waals surface area contributed by atoms with Gasteiger partial charge in [0, 0.05) is 37.9 Å². The van der Waals surface area contributed by atoms with Crippen LogP contribution in [0.2, 0.25) is 5.02 Å². The Bertz CT molecular complexity index is 537. The van der Waals surface area contributed by atoms with Crippen LogP contribution < -0.4 is 10.1 Å². The largest absolute Gasteiger partial charge is 0.433 e. The fraction of sp³-hybridized carbons (Fsp3) is 0.533. The van der Waals surface area contributed by atoms with E-state index in [0.29, 0.717) is 5.69 Å². The van der Waals surface area contributed by atoms with Crippen molar-refractivity contribution >= 4 is 23.2 Å². The van der Waals surface area contributed by atoms with Crippen LogP contribution >= 0.6 is 11.6 Å². The summed E-state index contributed by atoms with van der Waals surface area (Å²) in [7, 11) is 0. The number of carbonyl (C=O) groups is 1. The van der Waals surface area contributed by atoms with Crippen molar-refractivity contribution in [3.63, 3.8) is 0 Å². The predicted molar refractivity (Wildman–Crippen MR) is 85.3 cm³/mol. The second-order valence-corrected chi connectivity index (χ2v) is 5.69. The highest BCUT2D eigenvalue weighted by Gasteiger charge is 2.18. The summed E-state index contributed by atoms with van der Waals surface area (Å²) in [5, 5.41) is 2.75. The molecule has 23 heavy (non-hydrogen) atoms. The quantitative estimate of drug-likeness (QED) is 0.859. The summed E-state index contributed by atoms with van der Waals surface area (Å²) in [6, 6.07) is 4.25. The molecular formula is C15H20ClF2N3O2. The van der Waals surface area contributed by atoms with Crippen molar-refractivity contribution in [1.82, 2.24) is 9.80 Å². The molecule has 1 amide bonds. The number of amides is 1. The molecule has 2 rings (SSSR count). The molecule has 128 valence electrons. The van der Waals surface area contributed by atoms with Crippen LogP contribution in [-0.2, 0) is 4.79 Å². The maximum atomic E-state index is 12.3. The second kappa shape index (κ2) is 8.42. The molecule has 1 heterocycles. The van der Waals surface area contributed by atoms with Crippen molar-refractivity contribution < 1.29 is 18.3 Å². The third-order valence-corrected chi connectivity index (χ3v) is 4.02. The molecule has 0 saturated carbocycles. The third kappa shape index (κ3) is 5.60. The van der Waals surface area contributed by atoms with Crippen LogP contribution in [0, 0.1) is 0 Å². The van der Waals surface area contributed by atoms with Gasteiger partial charge in [-0.2, -0.15) is 8.78 Å². The first kappa shape index (κ1) is 17.9. The molecule has 0 aromatic heterocycles. The van der Waals surface area contributed by atoms with E-state index in [-0.39, 0.29) is 23.2 Å². The molecule has 0 unspecified atom stereocenters. The summed E-state index contributed by atoms with van der Waals surface area (Å²) in [5.74, 6) is -0.351. The van der Waals surface area contributed by atoms with Crippen molar-refractivity contribution in [1.29, 1.82) is 0 Å². The van der Waals surface area contributed by atoms with Gasteiger partial charge in [0.25, 0.3) is 0 Å². The Labute approximate surface area is 139 Å². The van der Waals surface area contributed by atoms with Gasteiger partial charge in [0.15, 0.2) is 0 Å². The van der Waals surface area contributed by atoms with E-state index in [9.17, 15) is 13.6 Å². The van der Waals surface area contributed by atoms with E-state index in [1.807, 2.05) is 0 Å². The molecule has 0 bridgehead atoms. The van der Waals surface area contributed by atoms with E-state index in [1.54, 1.807) is 6.07 Å². The van der Waals surface area contributed by atoms with Gasteiger partial charge in [0.05, 0.1) is 11.6 Å². The minimum atomic E-state index is -2.96. The molecule has 1 aliphatic rings. The maximum Gasteiger partial charge on any atom is 0.387 e. The molecule has 8 heteroatoms. The highest BCUT2D eigenvalue weighted by molar-refractivity contribution is 6.32. The van der Waals surface area contributed by atoms with Gasteiger partial charge >= 0.3 is 6.61 Å². The maximum absolute atomic E-state index is 12.3. The van der Waals surface area contributed by atoms with Gasteiger partial charge in [0.1, 0.15) is 5.75 Å². The zero-order valence-electron chi connectivity index (χ0n) is 12.9. The van der Waals surface area contributed by atoms with Gasteiger partial charge in [-0.05, 0) is 18.7 Å². The van der Waals surface area contributed by atoms with E-state index in [4.69, 9.17) is 11.6 Å². The van der Waals surface area contributed by atoms with E-state index in [0.717, 1.165) is 32.7 Å². The van der Waals surface area contributed by atoms with Crippen molar-refractivity contribution in [2.24, 2.45) is 0 Å². The molecule has 0 atom stereocenters. The molecule has 0 radical (unpaired) electrons. The summed E-state index contributed by atoms with van der Waals surface area (Å²) >= 11 is 5.78. The van der Waals surface area contributed by atoms with Crippen LogP contribution in [0.5, 0.6) is 5.75 Å². The molecule has 1 saturated heterocycles. The molecule has 1 aliphatic heterocycles. The number of likely N-dealkylation sites (N-methyl/N-ethyl adjacent to an activating group) is 1. The standard InChI is InChI=1S/C15H20ClF2N3O2/c1-2-20-5-7-21(8-6-20)10-14(22)19-11-3-4-12(16)13(9-11)23-15(17)18/h3-4,9,15H,2,5-8,10H2,1H3,(H,19,22). The number of rotatable bonds is 6. The Morgan fingerprint density at radius 3 is 2.57 bits per heavy atom. The Morgan fingerprint density at radius 2 is 1.96 bits per heavy atom. The first-order valence-electron chi connectivity index (χ1n) is 7.47. The normalized spacial score (nSPS) is 16.6. The van der Waals surface area contributed by atoms with Gasteiger partial charge < -0.3 is 15.0 Å². The van der Waals surface area contributed by atoms with Crippen LogP contribution in [0.4, 0.5) is 14.5 Å². The number of piperazine rings is 1. The van der Waals surface area contributed by atoms with Crippen LogP contribution in [0.25, 0.3) is 0 Å². The minimum Gasteiger partial charge on any atom is -0.433 e. The van der Waals surface area contributed by atoms with Crippen LogP contribution in [0.1, 0.15) is 6.92 Å². The molecule has 5 nitrogen and oxygen atoms in total. The van der Waals surface area contributed by atoms with E-state index in [2.05, 4.69) is 26.8 Å². The van der Waals surface area contributed by atoms with Crippen LogP contribution in [0.3, 0.4) is 0 Å². The van der Waals surface area contributed by atoms with Crippen molar-refractivity contribution in [2.75, 3.05) is 44.6 Å². The summed E-state index contributed by atoms with van der Waals surface area (Å²) < 4.78 is 28.9. The predicted octanol–water partition coefficient (Wildman–Crippen LogP) is 2.52. The number of nitrogens with zero attached hydrogens (tertiary/aromatic N) is 2. The molecular weight excluding hydrogens is 328 g/mol. The van der Waals surface area contributed by atoms with Gasteiger partial charge in [-0.1, -0.05) is 18.5 Å². The van der Waals surface area contributed by atoms with Crippen molar-refractivity contribution in [3.05, 3.63) is 23.2 Å². The SMILES string of the molecule is CCN1CCN(CC(=O)Nc2ccc(Cl)c(OC(F)F)c2)CC1. The topological polar surface area (TPSA) is 44.8 Å². The molecule has 1 fully saturated rings. The van der Waals surface area contributed by atoms with Gasteiger partial charge in [0.2, 0.25) is 5.91 Å². The fourth-order valence-electron chi connectivity index (χ4n) is 2.43. The average Bonchev–Trinajstić information content (AvgIpc) is 2.51.